The molecule has 0 aromatic heterocycles. The second-order valence-electron chi connectivity index (χ2n) is 3.71. The molecule has 3 N–H and O–H groups in total. The van der Waals surface area contributed by atoms with Crippen molar-refractivity contribution in [3.05, 3.63) is 0 Å². The summed E-state index contributed by atoms with van der Waals surface area (Å²) in [5.74, 6) is 0.529. The predicted molar refractivity (Wildman–Crippen MR) is 50.3 cm³/mol. The van der Waals surface area contributed by atoms with Crippen LogP contribution in [0, 0.1) is 5.92 Å². The van der Waals surface area contributed by atoms with Gasteiger partial charge in [-0.15, -0.1) is 0 Å². The van der Waals surface area contributed by atoms with Gasteiger partial charge in [0.15, 0.2) is 0 Å². The average molecular weight is 186 g/mol. The largest absolute Gasteiger partial charge is 0.394 e. The summed E-state index contributed by atoms with van der Waals surface area (Å²) in [4.78, 5) is 11.3. The molecule has 0 spiro atoms. The first-order valence-corrected chi connectivity index (χ1v) is 4.83. The van der Waals surface area contributed by atoms with Gasteiger partial charge in [-0.05, 0) is 32.4 Å². The van der Waals surface area contributed by atoms with Crippen LogP contribution in [0.2, 0.25) is 0 Å². The summed E-state index contributed by atoms with van der Waals surface area (Å²) >= 11 is 0. The number of amides is 1. The summed E-state index contributed by atoms with van der Waals surface area (Å²) < 4.78 is 0. The smallest absolute Gasteiger partial charge is 0.220 e. The molecule has 1 amide bonds. The molecular weight excluding hydrogens is 168 g/mol. The number of hydrogen-bond donors (Lipinski definition) is 3. The molecular formula is C9H18N2O2. The predicted octanol–water partition coefficient (Wildman–Crippen LogP) is -0.517. The fraction of sp³-hybridized carbons (Fsp3) is 0.889. The molecule has 0 radical (unpaired) electrons. The molecule has 13 heavy (non-hydrogen) atoms. The van der Waals surface area contributed by atoms with E-state index in [1.54, 1.807) is 6.92 Å². The van der Waals surface area contributed by atoms with Gasteiger partial charge in [0.2, 0.25) is 5.91 Å². The van der Waals surface area contributed by atoms with Gasteiger partial charge in [0.1, 0.15) is 0 Å². The molecule has 0 saturated carbocycles. The van der Waals surface area contributed by atoms with E-state index in [0.29, 0.717) is 12.3 Å². The summed E-state index contributed by atoms with van der Waals surface area (Å²) in [5, 5.41) is 14.7. The van der Waals surface area contributed by atoms with Crippen molar-refractivity contribution in [1.29, 1.82) is 0 Å². The molecule has 1 aliphatic rings. The Labute approximate surface area is 78.7 Å². The third-order valence-corrected chi connectivity index (χ3v) is 2.32. The van der Waals surface area contributed by atoms with Gasteiger partial charge in [0.25, 0.3) is 0 Å². The summed E-state index contributed by atoms with van der Waals surface area (Å²) in [6.45, 7) is 3.77. The number of rotatable bonds is 4. The number of aliphatic hydroxyl groups excluding tert-OH is 1. The highest BCUT2D eigenvalue weighted by Crippen LogP contribution is 2.11. The molecule has 0 bridgehead atoms. The minimum atomic E-state index is -0.123. The van der Waals surface area contributed by atoms with Crippen LogP contribution >= 0.6 is 0 Å². The van der Waals surface area contributed by atoms with Crippen molar-refractivity contribution in [2.75, 3.05) is 19.7 Å². The monoisotopic (exact) mass is 186 g/mol. The molecule has 1 heterocycles. The molecule has 1 rings (SSSR count). The highest BCUT2D eigenvalue weighted by atomic mass is 16.3. The lowest BCUT2D eigenvalue weighted by Crippen LogP contribution is -2.36. The van der Waals surface area contributed by atoms with Crippen molar-refractivity contribution >= 4 is 5.91 Å². The zero-order valence-electron chi connectivity index (χ0n) is 8.05. The molecule has 0 aromatic rings. The Bertz CT molecular complexity index is 167. The van der Waals surface area contributed by atoms with E-state index in [-0.39, 0.29) is 18.6 Å². The zero-order valence-corrected chi connectivity index (χ0v) is 8.05. The Morgan fingerprint density at radius 2 is 2.54 bits per heavy atom. The molecule has 1 fully saturated rings. The fourth-order valence-corrected chi connectivity index (χ4v) is 1.53. The van der Waals surface area contributed by atoms with Crippen molar-refractivity contribution in [2.24, 2.45) is 5.92 Å². The lowest BCUT2D eigenvalue weighted by molar-refractivity contribution is -0.122. The van der Waals surface area contributed by atoms with Crippen molar-refractivity contribution < 1.29 is 9.90 Å². The van der Waals surface area contributed by atoms with Crippen LogP contribution in [0.4, 0.5) is 0 Å². The molecule has 0 aliphatic carbocycles. The third-order valence-electron chi connectivity index (χ3n) is 2.32. The normalized spacial score (nSPS) is 24.3. The van der Waals surface area contributed by atoms with Gasteiger partial charge < -0.3 is 15.7 Å². The summed E-state index contributed by atoms with van der Waals surface area (Å²) in [6, 6.07) is -0.123. The Morgan fingerprint density at radius 3 is 3.08 bits per heavy atom. The maximum Gasteiger partial charge on any atom is 0.220 e. The first kappa shape index (κ1) is 10.5. The molecule has 1 aliphatic heterocycles. The van der Waals surface area contributed by atoms with Crippen LogP contribution in [0.15, 0.2) is 0 Å². The van der Waals surface area contributed by atoms with Gasteiger partial charge in [-0.1, -0.05) is 0 Å². The van der Waals surface area contributed by atoms with Crippen molar-refractivity contribution in [3.63, 3.8) is 0 Å². The van der Waals surface area contributed by atoms with E-state index in [1.165, 1.54) is 0 Å². The van der Waals surface area contributed by atoms with Crippen LogP contribution in [0.25, 0.3) is 0 Å². The third kappa shape index (κ3) is 3.74. The van der Waals surface area contributed by atoms with Crippen LogP contribution < -0.4 is 10.6 Å². The van der Waals surface area contributed by atoms with Crippen LogP contribution in [0.5, 0.6) is 0 Å². The molecule has 1 saturated heterocycles. The van der Waals surface area contributed by atoms with Crippen molar-refractivity contribution in [1.82, 2.24) is 10.6 Å². The number of aliphatic hydroxyl groups is 1. The summed E-state index contributed by atoms with van der Waals surface area (Å²) in [6.07, 6.45) is 1.66. The molecule has 0 aromatic carbocycles. The highest BCUT2D eigenvalue weighted by molar-refractivity contribution is 5.76. The zero-order chi connectivity index (χ0) is 9.68. The Balaban J connectivity index is 2.16. The molecule has 4 nitrogen and oxygen atoms in total. The topological polar surface area (TPSA) is 61.4 Å². The number of hydrogen-bond acceptors (Lipinski definition) is 3. The van der Waals surface area contributed by atoms with E-state index >= 15 is 0 Å². The second-order valence-corrected chi connectivity index (χ2v) is 3.71. The van der Waals surface area contributed by atoms with Crippen LogP contribution in [0.1, 0.15) is 19.8 Å². The van der Waals surface area contributed by atoms with E-state index in [9.17, 15) is 4.79 Å². The van der Waals surface area contributed by atoms with Gasteiger partial charge in [-0.2, -0.15) is 0 Å². The standard InChI is InChI=1S/C9H18N2O2/c1-7(6-12)11-9(13)4-8-2-3-10-5-8/h7-8,10,12H,2-6H2,1H3,(H,11,13)/t7-,8?/m0/s1. The lowest BCUT2D eigenvalue weighted by atomic mass is 10.0. The molecule has 4 heteroatoms. The van der Waals surface area contributed by atoms with Crippen LogP contribution in [0.3, 0.4) is 0 Å². The molecule has 1 unspecified atom stereocenters. The maximum atomic E-state index is 11.3. The van der Waals surface area contributed by atoms with Crippen molar-refractivity contribution in [3.8, 4) is 0 Å². The van der Waals surface area contributed by atoms with Crippen LogP contribution in [-0.4, -0.2) is 36.8 Å². The average Bonchev–Trinajstić information content (AvgIpc) is 2.56. The quantitative estimate of drug-likeness (QED) is 0.554. The Kier molecular flexibility index (Phi) is 4.18. The van der Waals surface area contributed by atoms with E-state index in [4.69, 9.17) is 5.11 Å². The van der Waals surface area contributed by atoms with Gasteiger partial charge >= 0.3 is 0 Å². The minimum Gasteiger partial charge on any atom is -0.394 e. The minimum absolute atomic E-state index is 0.00859. The van der Waals surface area contributed by atoms with Crippen molar-refractivity contribution in [2.45, 2.75) is 25.8 Å². The Hall–Kier alpha value is -0.610. The van der Waals surface area contributed by atoms with Gasteiger partial charge in [-0.3, -0.25) is 4.79 Å². The summed E-state index contributed by atoms with van der Waals surface area (Å²) in [7, 11) is 0. The van der Waals surface area contributed by atoms with E-state index in [0.717, 1.165) is 19.5 Å². The highest BCUT2D eigenvalue weighted by Gasteiger charge is 2.18. The van der Waals surface area contributed by atoms with Gasteiger partial charge in [0.05, 0.1) is 6.61 Å². The fourth-order valence-electron chi connectivity index (χ4n) is 1.53. The Morgan fingerprint density at radius 1 is 1.77 bits per heavy atom. The van der Waals surface area contributed by atoms with Gasteiger partial charge in [-0.25, -0.2) is 0 Å². The number of carbonyl (C=O) groups is 1. The summed E-state index contributed by atoms with van der Waals surface area (Å²) in [5.41, 5.74) is 0. The molecule has 76 valence electrons. The first-order valence-electron chi connectivity index (χ1n) is 4.83. The van der Waals surface area contributed by atoms with E-state index in [2.05, 4.69) is 10.6 Å². The molecule has 2 atom stereocenters. The second kappa shape index (κ2) is 5.19. The number of carbonyl (C=O) groups excluding carboxylic acids is 1. The SMILES string of the molecule is C[C@@H](CO)NC(=O)CC1CCNC1. The lowest BCUT2D eigenvalue weighted by Gasteiger charge is -2.12. The van der Waals surface area contributed by atoms with E-state index < -0.39 is 0 Å². The van der Waals surface area contributed by atoms with E-state index in [1.807, 2.05) is 0 Å². The van der Waals surface area contributed by atoms with Crippen LogP contribution in [-0.2, 0) is 4.79 Å². The first-order chi connectivity index (χ1) is 6.22. The van der Waals surface area contributed by atoms with Gasteiger partial charge in [0, 0.05) is 12.5 Å². The maximum absolute atomic E-state index is 11.3. The number of nitrogens with one attached hydrogen (secondary N) is 2.